The molecule has 4 heteroatoms. The number of hydrogen-bond acceptors (Lipinski definition) is 3. The minimum Gasteiger partial charge on any atom is -0.354 e. The highest BCUT2D eigenvalue weighted by Crippen LogP contribution is 2.35. The summed E-state index contributed by atoms with van der Waals surface area (Å²) in [6, 6.07) is 0.465. The van der Waals surface area contributed by atoms with Crippen molar-refractivity contribution in [3.63, 3.8) is 0 Å². The minimum absolute atomic E-state index is 0.159. The van der Waals surface area contributed by atoms with E-state index in [4.69, 9.17) is 0 Å². The number of carbonyl (C=O) groups is 1. The van der Waals surface area contributed by atoms with Crippen molar-refractivity contribution < 1.29 is 4.79 Å². The lowest BCUT2D eigenvalue weighted by molar-refractivity contribution is -0.126. The van der Waals surface area contributed by atoms with Gasteiger partial charge in [0, 0.05) is 24.0 Å². The lowest BCUT2D eigenvalue weighted by atomic mass is 9.75. The van der Waals surface area contributed by atoms with Gasteiger partial charge in [-0.05, 0) is 59.2 Å². The Hall–Kier alpha value is -0.610. The average Bonchev–Trinajstić information content (AvgIpc) is 2.44. The fourth-order valence-electron chi connectivity index (χ4n) is 4.12. The van der Waals surface area contributed by atoms with Gasteiger partial charge in [0.1, 0.15) is 0 Å². The molecule has 1 saturated carbocycles. The molecule has 4 unspecified atom stereocenters. The molecule has 0 aromatic rings. The Labute approximate surface area is 130 Å². The van der Waals surface area contributed by atoms with Crippen LogP contribution in [0.3, 0.4) is 0 Å². The molecular formula is C17H33N3O. The number of nitrogens with one attached hydrogen (secondary N) is 2. The first-order chi connectivity index (χ1) is 9.93. The molecule has 1 aliphatic heterocycles. The summed E-state index contributed by atoms with van der Waals surface area (Å²) in [4.78, 5) is 14.8. The van der Waals surface area contributed by atoms with Crippen LogP contribution >= 0.6 is 0 Å². The largest absolute Gasteiger partial charge is 0.354 e. The molecule has 2 rings (SSSR count). The second kappa shape index (κ2) is 7.10. The third-order valence-electron chi connectivity index (χ3n) is 5.60. The molecule has 1 amide bonds. The van der Waals surface area contributed by atoms with E-state index in [1.54, 1.807) is 0 Å². The Kier molecular flexibility index (Phi) is 5.67. The smallest absolute Gasteiger partial charge is 0.223 e. The van der Waals surface area contributed by atoms with Crippen molar-refractivity contribution in [2.75, 3.05) is 27.2 Å². The summed E-state index contributed by atoms with van der Waals surface area (Å²) >= 11 is 0. The summed E-state index contributed by atoms with van der Waals surface area (Å²) < 4.78 is 0. The zero-order valence-corrected chi connectivity index (χ0v) is 14.2. The number of nitrogens with zero attached hydrogens (tertiary/aromatic N) is 1. The predicted octanol–water partition coefficient (Wildman–Crippen LogP) is 2.00. The van der Waals surface area contributed by atoms with Crippen LogP contribution in [-0.2, 0) is 4.79 Å². The monoisotopic (exact) mass is 295 g/mol. The van der Waals surface area contributed by atoms with Crippen molar-refractivity contribution in [1.82, 2.24) is 15.5 Å². The van der Waals surface area contributed by atoms with Crippen molar-refractivity contribution in [2.24, 2.45) is 11.8 Å². The molecule has 0 spiro atoms. The fourth-order valence-corrected chi connectivity index (χ4v) is 4.12. The highest BCUT2D eigenvalue weighted by Gasteiger charge is 2.37. The van der Waals surface area contributed by atoms with Crippen LogP contribution < -0.4 is 10.6 Å². The first-order valence-corrected chi connectivity index (χ1v) is 8.61. The summed E-state index contributed by atoms with van der Waals surface area (Å²) in [6.45, 7) is 6.29. The summed E-state index contributed by atoms with van der Waals surface area (Å²) in [5.41, 5.74) is 0.159. The van der Waals surface area contributed by atoms with Gasteiger partial charge in [-0.3, -0.25) is 4.79 Å². The molecule has 4 atom stereocenters. The van der Waals surface area contributed by atoms with Crippen LogP contribution in [0, 0.1) is 11.8 Å². The van der Waals surface area contributed by atoms with Crippen LogP contribution in [0.4, 0.5) is 0 Å². The molecule has 2 aliphatic rings. The van der Waals surface area contributed by atoms with Gasteiger partial charge in [-0.1, -0.05) is 19.8 Å². The van der Waals surface area contributed by atoms with E-state index in [1.165, 1.54) is 25.7 Å². The van der Waals surface area contributed by atoms with Crippen LogP contribution in [0.25, 0.3) is 0 Å². The van der Waals surface area contributed by atoms with Crippen LogP contribution in [0.15, 0.2) is 0 Å². The topological polar surface area (TPSA) is 44.4 Å². The van der Waals surface area contributed by atoms with Crippen LogP contribution in [0.5, 0.6) is 0 Å². The first kappa shape index (κ1) is 16.8. The van der Waals surface area contributed by atoms with Crippen molar-refractivity contribution in [3.05, 3.63) is 0 Å². The summed E-state index contributed by atoms with van der Waals surface area (Å²) in [5.74, 6) is 1.22. The van der Waals surface area contributed by atoms with Crippen molar-refractivity contribution >= 4 is 5.91 Å². The highest BCUT2D eigenvalue weighted by molar-refractivity contribution is 5.78. The Bertz CT molecular complexity index is 358. The van der Waals surface area contributed by atoms with Gasteiger partial charge in [0.25, 0.3) is 0 Å². The maximum absolute atomic E-state index is 12.5. The second-order valence-corrected chi connectivity index (χ2v) is 7.61. The molecule has 2 N–H and O–H groups in total. The third-order valence-corrected chi connectivity index (χ3v) is 5.60. The number of carbonyl (C=O) groups excluding carboxylic acids is 1. The first-order valence-electron chi connectivity index (χ1n) is 8.61. The number of rotatable bonds is 4. The van der Waals surface area contributed by atoms with E-state index in [2.05, 4.69) is 43.5 Å². The Morgan fingerprint density at radius 2 is 2.10 bits per heavy atom. The fraction of sp³-hybridized carbons (Fsp3) is 0.941. The Balaban J connectivity index is 1.91. The average molecular weight is 295 g/mol. The number of likely N-dealkylation sites (N-methyl/N-ethyl adjacent to an activating group) is 1. The van der Waals surface area contributed by atoms with E-state index in [9.17, 15) is 4.79 Å². The number of hydrogen-bond donors (Lipinski definition) is 2. The lowest BCUT2D eigenvalue weighted by Crippen LogP contribution is -2.56. The van der Waals surface area contributed by atoms with Gasteiger partial charge in [0.15, 0.2) is 0 Å². The molecule has 21 heavy (non-hydrogen) atoms. The van der Waals surface area contributed by atoms with Crippen molar-refractivity contribution in [3.8, 4) is 0 Å². The van der Waals surface area contributed by atoms with Gasteiger partial charge >= 0.3 is 0 Å². The molecule has 0 aromatic heterocycles. The van der Waals surface area contributed by atoms with E-state index in [1.807, 2.05) is 0 Å². The molecule has 0 bridgehead atoms. The molecule has 1 saturated heterocycles. The molecule has 2 fully saturated rings. The van der Waals surface area contributed by atoms with Gasteiger partial charge in [0.2, 0.25) is 5.91 Å². The van der Waals surface area contributed by atoms with Gasteiger partial charge in [-0.25, -0.2) is 0 Å². The van der Waals surface area contributed by atoms with Crippen molar-refractivity contribution in [2.45, 2.75) is 64.0 Å². The molecule has 0 aromatic carbocycles. The second-order valence-electron chi connectivity index (χ2n) is 7.61. The predicted molar refractivity (Wildman–Crippen MR) is 87.2 cm³/mol. The maximum atomic E-state index is 12.5. The van der Waals surface area contributed by atoms with E-state index in [0.717, 1.165) is 31.8 Å². The number of amides is 1. The molecule has 1 heterocycles. The van der Waals surface area contributed by atoms with Crippen LogP contribution in [-0.4, -0.2) is 49.6 Å². The Morgan fingerprint density at radius 1 is 1.33 bits per heavy atom. The zero-order chi connectivity index (χ0) is 15.5. The van der Waals surface area contributed by atoms with Gasteiger partial charge in [-0.2, -0.15) is 0 Å². The van der Waals surface area contributed by atoms with Gasteiger partial charge in [0.05, 0.1) is 0 Å². The van der Waals surface area contributed by atoms with Gasteiger partial charge < -0.3 is 15.5 Å². The highest BCUT2D eigenvalue weighted by atomic mass is 16.1. The maximum Gasteiger partial charge on any atom is 0.223 e. The van der Waals surface area contributed by atoms with Gasteiger partial charge in [-0.15, -0.1) is 0 Å². The summed E-state index contributed by atoms with van der Waals surface area (Å²) in [7, 11) is 4.33. The zero-order valence-electron chi connectivity index (χ0n) is 14.2. The SMILES string of the molecule is CC1CCCC(CNC(=O)C2CCNC(C)C2)(N(C)C)C1. The van der Waals surface area contributed by atoms with E-state index < -0.39 is 0 Å². The molecule has 4 nitrogen and oxygen atoms in total. The Morgan fingerprint density at radius 3 is 2.71 bits per heavy atom. The molecular weight excluding hydrogens is 262 g/mol. The molecule has 122 valence electrons. The lowest BCUT2D eigenvalue weighted by Gasteiger charge is -2.45. The van der Waals surface area contributed by atoms with Crippen LogP contribution in [0.2, 0.25) is 0 Å². The standard InChI is InChI=1S/C17H33N3O/c1-13-6-5-8-17(11-13,20(3)4)12-19-16(21)15-7-9-18-14(2)10-15/h13-15,18H,5-12H2,1-4H3,(H,19,21). The van der Waals surface area contributed by atoms with E-state index in [0.29, 0.717) is 6.04 Å². The van der Waals surface area contributed by atoms with E-state index in [-0.39, 0.29) is 17.4 Å². The van der Waals surface area contributed by atoms with Crippen LogP contribution in [0.1, 0.15) is 52.4 Å². The third kappa shape index (κ3) is 4.19. The molecule has 1 aliphatic carbocycles. The quantitative estimate of drug-likeness (QED) is 0.834. The number of piperidine rings is 1. The summed E-state index contributed by atoms with van der Waals surface area (Å²) in [6.07, 6.45) is 6.95. The van der Waals surface area contributed by atoms with Crippen molar-refractivity contribution in [1.29, 1.82) is 0 Å². The van der Waals surface area contributed by atoms with E-state index >= 15 is 0 Å². The molecule has 0 radical (unpaired) electrons. The normalized spacial score (nSPS) is 37.5. The summed E-state index contributed by atoms with van der Waals surface area (Å²) in [5, 5.41) is 6.69. The minimum atomic E-state index is 0.159.